The van der Waals surface area contributed by atoms with Crippen LogP contribution < -0.4 is 16.0 Å². The first-order valence-electron chi connectivity index (χ1n) is 13.9. The summed E-state index contributed by atoms with van der Waals surface area (Å²) in [7, 11) is 0. The predicted octanol–water partition coefficient (Wildman–Crippen LogP) is 3.21. The molecule has 232 valence electrons. The number of rotatable bonds is 2. The summed E-state index contributed by atoms with van der Waals surface area (Å²) in [5.74, 6) is -2.37. The smallest absolute Gasteiger partial charge is 0.274 e. The van der Waals surface area contributed by atoms with E-state index in [-0.39, 0.29) is 77.8 Å². The van der Waals surface area contributed by atoms with Gasteiger partial charge in [-0.3, -0.25) is 39.4 Å². The number of nitrogens with one attached hydrogen (secondary N) is 3. The van der Waals surface area contributed by atoms with Crippen LogP contribution in [0.3, 0.4) is 0 Å². The largest absolute Gasteiger partial charge is 0.347 e. The summed E-state index contributed by atoms with van der Waals surface area (Å²) in [4.78, 5) is 82.1. The van der Waals surface area contributed by atoms with Crippen molar-refractivity contribution in [2.45, 2.75) is 32.5 Å². The van der Waals surface area contributed by atoms with Gasteiger partial charge in [-0.1, -0.05) is 36.4 Å². The summed E-state index contributed by atoms with van der Waals surface area (Å²) in [5, 5.41) is 31.4. The van der Waals surface area contributed by atoms with E-state index in [2.05, 4.69) is 25.9 Å². The molecule has 8 rings (SSSR count). The quantitative estimate of drug-likeness (QED) is 0.219. The summed E-state index contributed by atoms with van der Waals surface area (Å²) in [6, 6.07) is 17.2. The highest BCUT2D eigenvalue weighted by Crippen LogP contribution is 2.23. The van der Waals surface area contributed by atoms with Gasteiger partial charge in [-0.05, 0) is 41.8 Å². The van der Waals surface area contributed by atoms with Crippen molar-refractivity contribution in [3.8, 4) is 0 Å². The van der Waals surface area contributed by atoms with Gasteiger partial charge in [0.1, 0.15) is 22.8 Å². The third kappa shape index (κ3) is 7.21. The molecule has 4 aromatic rings. The Morgan fingerprint density at radius 1 is 0.543 bits per heavy atom. The van der Waals surface area contributed by atoms with Crippen LogP contribution >= 0.6 is 0 Å². The fourth-order valence-electron chi connectivity index (χ4n) is 4.73. The summed E-state index contributed by atoms with van der Waals surface area (Å²) in [5.41, 5.74) is 0.519. The van der Waals surface area contributed by atoms with Crippen LogP contribution in [0.1, 0.15) is 70.6 Å². The second kappa shape index (κ2) is 13.5. The molecule has 15 heteroatoms. The average Bonchev–Trinajstić information content (AvgIpc) is 3.07. The molecular formula is C31H25N7O8. The molecule has 0 unspecified atom stereocenters. The molecule has 0 aliphatic carbocycles. The third-order valence-corrected chi connectivity index (χ3v) is 7.14. The molecule has 2 aromatic heterocycles. The molecule has 3 amide bonds. The maximum absolute atomic E-state index is 12.9. The van der Waals surface area contributed by atoms with Crippen molar-refractivity contribution in [3.63, 3.8) is 0 Å². The predicted molar refractivity (Wildman–Crippen MR) is 161 cm³/mol. The van der Waals surface area contributed by atoms with Crippen LogP contribution in [0.4, 0.5) is 11.4 Å². The van der Waals surface area contributed by atoms with Crippen LogP contribution in [0.25, 0.3) is 0 Å². The molecule has 0 spiro atoms. The van der Waals surface area contributed by atoms with E-state index in [9.17, 15) is 39.4 Å². The van der Waals surface area contributed by atoms with Crippen LogP contribution in [-0.2, 0) is 26.1 Å². The summed E-state index contributed by atoms with van der Waals surface area (Å²) >= 11 is 0. The number of ketones is 1. The lowest BCUT2D eigenvalue weighted by molar-refractivity contribution is -0.385. The molecule has 0 saturated carbocycles. The highest BCUT2D eigenvalue weighted by Gasteiger charge is 2.20. The van der Waals surface area contributed by atoms with Crippen molar-refractivity contribution in [2.75, 3.05) is 0 Å². The second-order valence-electron chi connectivity index (χ2n) is 10.2. The summed E-state index contributed by atoms with van der Waals surface area (Å²) in [6.45, 7) is -0.394. The Bertz CT molecular complexity index is 1780. The topological polar surface area (TPSA) is 216 Å². The minimum Gasteiger partial charge on any atom is -0.347 e. The number of benzene rings is 2. The second-order valence-corrected chi connectivity index (χ2v) is 10.2. The number of hydrogen-bond acceptors (Lipinski definition) is 10. The Balaban J connectivity index is 1.46. The monoisotopic (exact) mass is 623 g/mol. The standard InChI is InChI=1S/C31H25N7O8/c39-28-12-11-20-9-7-18(13-26(20)37(43)44)15-32-29(40)24-5-2-6-25(36-24)30(41)33-16-19-8-10-21(27(14-19)38(45)46)17-34-31(42)23-4-1-3-22(28)35-23/h1-10,13-14H,11-12,15-17H2,(H,32,40)(H,33,41)(H,34,42). The van der Waals surface area contributed by atoms with Crippen molar-refractivity contribution < 1.29 is 29.0 Å². The molecule has 0 fully saturated rings. The molecule has 2 aromatic carbocycles. The van der Waals surface area contributed by atoms with Crippen LogP contribution in [-0.4, -0.2) is 43.3 Å². The number of hydrogen-bond donors (Lipinski definition) is 3. The van der Waals surface area contributed by atoms with E-state index in [0.717, 1.165) is 0 Å². The number of amides is 3. The Kier molecular flexibility index (Phi) is 9.12. The summed E-state index contributed by atoms with van der Waals surface area (Å²) < 4.78 is 0. The van der Waals surface area contributed by atoms with Gasteiger partial charge in [0.15, 0.2) is 5.78 Å². The first-order valence-corrected chi connectivity index (χ1v) is 13.9. The van der Waals surface area contributed by atoms with E-state index >= 15 is 0 Å². The molecule has 15 nitrogen and oxygen atoms in total. The maximum atomic E-state index is 12.9. The van der Waals surface area contributed by atoms with Crippen molar-refractivity contribution in [3.05, 3.63) is 138 Å². The van der Waals surface area contributed by atoms with E-state index in [4.69, 9.17) is 0 Å². The van der Waals surface area contributed by atoms with Gasteiger partial charge in [0, 0.05) is 49.3 Å². The number of carbonyl (C=O) groups excluding carboxylic acids is 4. The molecule has 3 N–H and O–H groups in total. The molecule has 8 bridgehead atoms. The summed E-state index contributed by atoms with van der Waals surface area (Å²) in [6.07, 6.45) is -0.124. The Morgan fingerprint density at radius 2 is 0.978 bits per heavy atom. The highest BCUT2D eigenvalue weighted by atomic mass is 16.6. The Hall–Kier alpha value is -6.38. The molecule has 4 aliphatic rings. The average molecular weight is 624 g/mol. The Labute approximate surface area is 260 Å². The van der Waals surface area contributed by atoms with Gasteiger partial charge in [0.25, 0.3) is 29.1 Å². The molecule has 6 heterocycles. The van der Waals surface area contributed by atoms with E-state index in [1.54, 1.807) is 12.1 Å². The number of nitro groups is 2. The fourth-order valence-corrected chi connectivity index (χ4v) is 4.73. The van der Waals surface area contributed by atoms with E-state index in [1.807, 2.05) is 0 Å². The van der Waals surface area contributed by atoms with Gasteiger partial charge in [0.05, 0.1) is 9.85 Å². The lowest BCUT2D eigenvalue weighted by atomic mass is 10.0. The van der Waals surface area contributed by atoms with Crippen LogP contribution in [0.2, 0.25) is 0 Å². The number of Topliss-reactive ketones (excluding diaryl/α,β-unsaturated/α-hetero) is 1. The number of aryl methyl sites for hydroxylation is 1. The number of aromatic nitrogens is 2. The molecule has 0 atom stereocenters. The van der Waals surface area contributed by atoms with Crippen LogP contribution in [0, 0.1) is 20.2 Å². The van der Waals surface area contributed by atoms with Crippen LogP contribution in [0.15, 0.2) is 72.8 Å². The normalized spacial score (nSPS) is 14.3. The molecule has 4 aliphatic heterocycles. The zero-order valence-corrected chi connectivity index (χ0v) is 24.0. The maximum Gasteiger partial charge on any atom is 0.274 e. The van der Waals surface area contributed by atoms with Crippen LogP contribution in [0.5, 0.6) is 0 Å². The lowest BCUT2D eigenvalue weighted by Crippen LogP contribution is -2.27. The van der Waals surface area contributed by atoms with Crippen molar-refractivity contribution in [1.82, 2.24) is 25.9 Å². The molecule has 46 heavy (non-hydrogen) atoms. The van der Waals surface area contributed by atoms with Crippen molar-refractivity contribution in [2.24, 2.45) is 0 Å². The fraction of sp³-hybridized carbons (Fsp3) is 0.161. The first kappa shape index (κ1) is 31.1. The number of nitro benzene ring substituents is 2. The molecular weight excluding hydrogens is 598 g/mol. The van der Waals surface area contributed by atoms with E-state index < -0.39 is 33.4 Å². The van der Waals surface area contributed by atoms with Gasteiger partial charge in [-0.25, -0.2) is 9.97 Å². The lowest BCUT2D eigenvalue weighted by Gasteiger charge is -2.10. The Morgan fingerprint density at radius 3 is 1.50 bits per heavy atom. The van der Waals surface area contributed by atoms with Gasteiger partial charge in [0.2, 0.25) is 0 Å². The van der Waals surface area contributed by atoms with Gasteiger partial charge in [-0.2, -0.15) is 0 Å². The van der Waals surface area contributed by atoms with Crippen molar-refractivity contribution >= 4 is 34.9 Å². The highest BCUT2D eigenvalue weighted by molar-refractivity contribution is 5.98. The number of pyridine rings is 2. The van der Waals surface area contributed by atoms with Gasteiger partial charge in [-0.15, -0.1) is 0 Å². The van der Waals surface area contributed by atoms with Gasteiger partial charge < -0.3 is 16.0 Å². The zero-order chi connectivity index (χ0) is 32.8. The molecule has 0 radical (unpaired) electrons. The van der Waals surface area contributed by atoms with Crippen molar-refractivity contribution in [1.29, 1.82) is 0 Å². The zero-order valence-electron chi connectivity index (χ0n) is 24.0. The van der Waals surface area contributed by atoms with E-state index in [1.165, 1.54) is 60.7 Å². The third-order valence-electron chi connectivity index (χ3n) is 7.14. The van der Waals surface area contributed by atoms with E-state index in [0.29, 0.717) is 11.1 Å². The first-order chi connectivity index (χ1) is 22.1. The number of nitrogens with zero attached hydrogens (tertiary/aromatic N) is 4. The minimum absolute atomic E-state index is 0.0122. The van der Waals surface area contributed by atoms with Gasteiger partial charge >= 0.3 is 0 Å². The minimum atomic E-state index is -0.672. The number of carbonyl (C=O) groups is 4. The SMILES string of the molecule is O=C1CCc2ccc(cc2[N+](=O)[O-])CNC(=O)c2cccc(n2)C(=O)NCc2ccc(c([N+](=O)[O-])c2)CNC(=O)c2cccc1n2. The molecule has 0 saturated heterocycles.